The molecule has 0 amide bonds. The minimum absolute atomic E-state index is 0.365. The molecule has 100 valence electrons. The molecule has 0 fully saturated rings. The average molecular weight is 256 g/mol. The number of benzene rings is 1. The minimum Gasteiger partial charge on any atom is -0.384 e. The molecular formula is C16H20N2O. The molecule has 3 nitrogen and oxygen atoms in total. The lowest BCUT2D eigenvalue weighted by Gasteiger charge is -2.26. The lowest BCUT2D eigenvalue weighted by Crippen LogP contribution is -2.14. The van der Waals surface area contributed by atoms with E-state index in [1.165, 1.54) is 35.1 Å². The molecular weight excluding hydrogens is 236 g/mol. The van der Waals surface area contributed by atoms with Crippen LogP contribution in [-0.2, 0) is 6.42 Å². The average Bonchev–Trinajstić information content (AvgIpc) is 2.90. The van der Waals surface area contributed by atoms with Crippen molar-refractivity contribution in [3.63, 3.8) is 0 Å². The summed E-state index contributed by atoms with van der Waals surface area (Å²) in [4.78, 5) is 0. The Morgan fingerprint density at radius 3 is 2.95 bits per heavy atom. The molecule has 3 rings (SSSR count). The van der Waals surface area contributed by atoms with Crippen LogP contribution in [0.15, 0.2) is 22.9 Å². The van der Waals surface area contributed by atoms with Crippen LogP contribution in [0.5, 0.6) is 0 Å². The molecule has 1 aromatic carbocycles. The van der Waals surface area contributed by atoms with E-state index in [2.05, 4.69) is 36.5 Å². The van der Waals surface area contributed by atoms with Gasteiger partial charge in [0.15, 0.2) is 0 Å². The number of nitrogens with one attached hydrogen (secondary N) is 1. The predicted molar refractivity (Wildman–Crippen MR) is 76.7 cm³/mol. The van der Waals surface area contributed by atoms with Gasteiger partial charge in [0.1, 0.15) is 12.0 Å². The molecule has 3 heteroatoms. The van der Waals surface area contributed by atoms with Crippen molar-refractivity contribution in [2.75, 3.05) is 12.4 Å². The molecule has 1 aliphatic rings. The molecule has 0 saturated heterocycles. The van der Waals surface area contributed by atoms with Crippen LogP contribution in [0.25, 0.3) is 0 Å². The Morgan fingerprint density at radius 2 is 2.16 bits per heavy atom. The van der Waals surface area contributed by atoms with Gasteiger partial charge in [-0.1, -0.05) is 17.3 Å². The van der Waals surface area contributed by atoms with Crippen LogP contribution in [0.3, 0.4) is 0 Å². The van der Waals surface area contributed by atoms with Gasteiger partial charge >= 0.3 is 0 Å². The summed E-state index contributed by atoms with van der Waals surface area (Å²) in [5.74, 6) is 0.365. The van der Waals surface area contributed by atoms with Crippen LogP contribution in [0, 0.1) is 13.8 Å². The fourth-order valence-corrected chi connectivity index (χ4v) is 3.16. The van der Waals surface area contributed by atoms with Crippen molar-refractivity contribution >= 4 is 5.69 Å². The van der Waals surface area contributed by atoms with Crippen molar-refractivity contribution in [2.24, 2.45) is 0 Å². The van der Waals surface area contributed by atoms with Gasteiger partial charge in [0.25, 0.3) is 0 Å². The first-order valence-electron chi connectivity index (χ1n) is 6.93. The van der Waals surface area contributed by atoms with E-state index in [0.29, 0.717) is 5.92 Å². The molecule has 1 N–H and O–H groups in total. The second-order valence-corrected chi connectivity index (χ2v) is 5.38. The highest BCUT2D eigenvalue weighted by molar-refractivity contribution is 5.53. The quantitative estimate of drug-likeness (QED) is 0.888. The fraction of sp³-hybridized carbons (Fsp3) is 0.438. The molecule has 0 saturated carbocycles. The van der Waals surface area contributed by atoms with Crippen LogP contribution in [0.1, 0.15) is 46.7 Å². The highest BCUT2D eigenvalue weighted by Gasteiger charge is 2.27. The number of aryl methyl sites for hydroxylation is 1. The molecule has 19 heavy (non-hydrogen) atoms. The Morgan fingerprint density at radius 1 is 1.32 bits per heavy atom. The van der Waals surface area contributed by atoms with Crippen LogP contribution >= 0.6 is 0 Å². The summed E-state index contributed by atoms with van der Waals surface area (Å²) in [5, 5.41) is 7.40. The summed E-state index contributed by atoms with van der Waals surface area (Å²) < 4.78 is 5.15. The number of rotatable bonds is 2. The van der Waals surface area contributed by atoms with Crippen LogP contribution in [-0.4, -0.2) is 12.2 Å². The molecule has 1 atom stereocenters. The maximum atomic E-state index is 5.15. The Labute approximate surface area is 114 Å². The molecule has 1 unspecified atom stereocenters. The van der Waals surface area contributed by atoms with E-state index >= 15 is 0 Å². The third-order valence-corrected chi connectivity index (χ3v) is 4.40. The van der Waals surface area contributed by atoms with Gasteiger partial charge in [-0.15, -0.1) is 0 Å². The van der Waals surface area contributed by atoms with Crippen molar-refractivity contribution in [1.82, 2.24) is 5.16 Å². The second-order valence-electron chi connectivity index (χ2n) is 5.38. The number of hydrogen-bond acceptors (Lipinski definition) is 3. The molecule has 1 aliphatic carbocycles. The highest BCUT2D eigenvalue weighted by Crippen LogP contribution is 2.40. The Kier molecular flexibility index (Phi) is 3.05. The fourth-order valence-electron chi connectivity index (χ4n) is 3.16. The van der Waals surface area contributed by atoms with E-state index in [1.807, 2.05) is 7.05 Å². The molecule has 0 bridgehead atoms. The first-order chi connectivity index (χ1) is 9.22. The third kappa shape index (κ3) is 1.93. The zero-order chi connectivity index (χ0) is 13.4. The first-order valence-corrected chi connectivity index (χ1v) is 6.93. The number of fused-ring (bicyclic) bond motifs is 1. The summed E-state index contributed by atoms with van der Waals surface area (Å²) in [6, 6.07) is 4.50. The predicted octanol–water partition coefficient (Wildman–Crippen LogP) is 3.80. The van der Waals surface area contributed by atoms with E-state index in [1.54, 1.807) is 6.26 Å². The summed E-state index contributed by atoms with van der Waals surface area (Å²) in [6.07, 6.45) is 5.26. The van der Waals surface area contributed by atoms with Crippen LogP contribution in [0.2, 0.25) is 0 Å². The van der Waals surface area contributed by atoms with E-state index in [0.717, 1.165) is 17.8 Å². The van der Waals surface area contributed by atoms with Gasteiger partial charge in [-0.2, -0.15) is 0 Å². The van der Waals surface area contributed by atoms with Gasteiger partial charge in [0.2, 0.25) is 0 Å². The highest BCUT2D eigenvalue weighted by atomic mass is 16.5. The maximum absolute atomic E-state index is 5.15. The standard InChI is InChI=1S/C16H20N2O/c1-10-7-8-13-12(11(10)2)5-4-6-14(13)16-15(17-3)9-19-18-16/h7-9,14,17H,4-6H2,1-3H3. The summed E-state index contributed by atoms with van der Waals surface area (Å²) in [6.45, 7) is 4.42. The Bertz CT molecular complexity index is 601. The SMILES string of the molecule is CNc1conc1C1CCCc2c1ccc(C)c2C. The Hall–Kier alpha value is -1.77. The number of hydrogen-bond donors (Lipinski definition) is 1. The van der Waals surface area contributed by atoms with Gasteiger partial charge in [-0.25, -0.2) is 0 Å². The number of anilines is 1. The summed E-state index contributed by atoms with van der Waals surface area (Å²) >= 11 is 0. The topological polar surface area (TPSA) is 38.1 Å². The molecule has 2 aromatic rings. The first kappa shape index (κ1) is 12.3. The normalized spacial score (nSPS) is 18.2. The molecule has 0 aliphatic heterocycles. The minimum atomic E-state index is 0.365. The Balaban J connectivity index is 2.11. The second kappa shape index (κ2) is 4.72. The van der Waals surface area contributed by atoms with E-state index in [-0.39, 0.29) is 0 Å². The van der Waals surface area contributed by atoms with Gasteiger partial charge in [0, 0.05) is 13.0 Å². The van der Waals surface area contributed by atoms with E-state index in [9.17, 15) is 0 Å². The lowest BCUT2D eigenvalue weighted by molar-refractivity contribution is 0.404. The largest absolute Gasteiger partial charge is 0.384 e. The zero-order valence-electron chi connectivity index (χ0n) is 11.8. The molecule has 0 radical (unpaired) electrons. The van der Waals surface area contributed by atoms with Gasteiger partial charge in [-0.05, 0) is 55.4 Å². The smallest absolute Gasteiger partial charge is 0.147 e. The van der Waals surface area contributed by atoms with E-state index in [4.69, 9.17) is 4.52 Å². The molecule has 0 spiro atoms. The van der Waals surface area contributed by atoms with Crippen molar-refractivity contribution in [2.45, 2.75) is 39.0 Å². The van der Waals surface area contributed by atoms with Crippen molar-refractivity contribution in [3.8, 4) is 0 Å². The number of nitrogens with zero attached hydrogens (tertiary/aromatic N) is 1. The van der Waals surface area contributed by atoms with Gasteiger partial charge in [0.05, 0.1) is 5.69 Å². The number of aromatic nitrogens is 1. The van der Waals surface area contributed by atoms with Crippen molar-refractivity contribution < 1.29 is 4.52 Å². The van der Waals surface area contributed by atoms with Crippen LogP contribution < -0.4 is 5.32 Å². The van der Waals surface area contributed by atoms with E-state index < -0.39 is 0 Å². The zero-order valence-corrected chi connectivity index (χ0v) is 11.8. The summed E-state index contributed by atoms with van der Waals surface area (Å²) in [5.41, 5.74) is 7.83. The van der Waals surface area contributed by atoms with Gasteiger partial charge in [-0.3, -0.25) is 0 Å². The third-order valence-electron chi connectivity index (χ3n) is 4.40. The summed E-state index contributed by atoms with van der Waals surface area (Å²) in [7, 11) is 1.92. The molecule has 1 aromatic heterocycles. The van der Waals surface area contributed by atoms with Crippen LogP contribution in [0.4, 0.5) is 5.69 Å². The van der Waals surface area contributed by atoms with Gasteiger partial charge < -0.3 is 9.84 Å². The lowest BCUT2D eigenvalue weighted by atomic mass is 9.78. The molecule has 1 heterocycles. The van der Waals surface area contributed by atoms with Crippen molar-refractivity contribution in [1.29, 1.82) is 0 Å². The monoisotopic (exact) mass is 256 g/mol. The van der Waals surface area contributed by atoms with Crippen molar-refractivity contribution in [3.05, 3.63) is 46.3 Å². The maximum Gasteiger partial charge on any atom is 0.147 e.